The molecule has 6 rings (SSSR count). The summed E-state index contributed by atoms with van der Waals surface area (Å²) in [5.41, 5.74) is 6.32. The van der Waals surface area contributed by atoms with Crippen molar-refractivity contribution in [1.82, 2.24) is 10.4 Å². The molecule has 1 heterocycles. The van der Waals surface area contributed by atoms with Crippen LogP contribution in [0.4, 0.5) is 0 Å². The van der Waals surface area contributed by atoms with Crippen molar-refractivity contribution >= 4 is 45.7 Å². The molecule has 0 saturated carbocycles. The van der Waals surface area contributed by atoms with Crippen LogP contribution in [-0.4, -0.2) is 43.3 Å². The van der Waals surface area contributed by atoms with Crippen molar-refractivity contribution < 1.29 is 33.3 Å². The van der Waals surface area contributed by atoms with Crippen LogP contribution in [0.2, 0.25) is 0 Å². The summed E-state index contributed by atoms with van der Waals surface area (Å²) in [6.45, 7) is 1.27. The first-order valence-corrected chi connectivity index (χ1v) is 14.5. The van der Waals surface area contributed by atoms with E-state index in [2.05, 4.69) is 15.5 Å². The number of hydrogen-bond donors (Lipinski definition) is 2. The molecule has 0 fully saturated rings. The van der Waals surface area contributed by atoms with Gasteiger partial charge >= 0.3 is 11.9 Å². The Kier molecular flexibility index (Phi) is 8.65. The maximum atomic E-state index is 13.5. The van der Waals surface area contributed by atoms with Gasteiger partial charge in [0.05, 0.1) is 31.5 Å². The summed E-state index contributed by atoms with van der Waals surface area (Å²) in [7, 11) is 2.84. The number of methoxy groups -OCH3 is 2. The number of hydrogen-bond acceptors (Lipinski definition) is 8. The summed E-state index contributed by atoms with van der Waals surface area (Å²) in [6, 6.07) is 30.9. The van der Waals surface area contributed by atoms with Gasteiger partial charge in [0.1, 0.15) is 5.69 Å². The number of benzene rings is 5. The molecule has 2 N–H and O–H groups in total. The minimum atomic E-state index is -0.676. The van der Waals surface area contributed by atoms with E-state index in [9.17, 15) is 14.4 Å². The summed E-state index contributed by atoms with van der Waals surface area (Å²) in [4.78, 5) is 41.1. The van der Waals surface area contributed by atoms with Gasteiger partial charge in [-0.1, -0.05) is 66.7 Å². The Morgan fingerprint density at radius 1 is 0.723 bits per heavy atom. The smallest absolute Gasteiger partial charge is 0.343 e. The Morgan fingerprint density at radius 2 is 1.43 bits per heavy atom. The van der Waals surface area contributed by atoms with Gasteiger partial charge in [0, 0.05) is 23.3 Å². The minimum absolute atomic E-state index is 0.166. The van der Waals surface area contributed by atoms with E-state index in [0.717, 1.165) is 32.8 Å². The minimum Gasteiger partial charge on any atom is -0.493 e. The largest absolute Gasteiger partial charge is 0.493 e. The number of nitrogens with zero attached hydrogens (tertiary/aromatic N) is 1. The molecular formula is C37H29N3O7. The third kappa shape index (κ3) is 6.38. The fourth-order valence-electron chi connectivity index (χ4n) is 5.27. The number of aromatic amines is 1. The molecular weight excluding hydrogens is 598 g/mol. The van der Waals surface area contributed by atoms with Crippen LogP contribution in [0.5, 0.6) is 23.0 Å². The lowest BCUT2D eigenvalue weighted by atomic mass is 9.99. The third-order valence-electron chi connectivity index (χ3n) is 7.41. The second kappa shape index (κ2) is 13.3. The van der Waals surface area contributed by atoms with E-state index in [1.54, 1.807) is 18.2 Å². The van der Waals surface area contributed by atoms with Crippen LogP contribution in [-0.2, 0) is 4.79 Å². The lowest BCUT2D eigenvalue weighted by molar-refractivity contribution is -0.132. The predicted molar refractivity (Wildman–Crippen MR) is 179 cm³/mol. The molecule has 0 saturated heterocycles. The number of H-pyrrole nitrogens is 1. The molecule has 5 aromatic carbocycles. The first-order valence-electron chi connectivity index (χ1n) is 14.5. The van der Waals surface area contributed by atoms with Crippen LogP contribution in [0.25, 0.3) is 32.8 Å². The third-order valence-corrected chi connectivity index (χ3v) is 7.41. The normalized spacial score (nSPS) is 11.0. The molecule has 234 valence electrons. The molecule has 0 radical (unpaired) electrons. The maximum absolute atomic E-state index is 13.5. The van der Waals surface area contributed by atoms with E-state index in [1.807, 2.05) is 66.7 Å². The van der Waals surface area contributed by atoms with E-state index in [-0.39, 0.29) is 28.6 Å². The molecule has 0 aliphatic rings. The van der Waals surface area contributed by atoms with Gasteiger partial charge in [0.15, 0.2) is 23.0 Å². The molecule has 6 aromatic rings. The van der Waals surface area contributed by atoms with E-state index in [0.29, 0.717) is 11.3 Å². The van der Waals surface area contributed by atoms with Gasteiger partial charge in [-0.2, -0.15) is 5.10 Å². The molecule has 0 unspecified atom stereocenters. The molecule has 0 aliphatic heterocycles. The zero-order valence-corrected chi connectivity index (χ0v) is 25.7. The number of fused-ring (bicyclic) bond motifs is 3. The van der Waals surface area contributed by atoms with Gasteiger partial charge in [0.25, 0.3) is 5.91 Å². The summed E-state index contributed by atoms with van der Waals surface area (Å²) in [5.74, 6) is -0.787. The molecule has 1 amide bonds. The van der Waals surface area contributed by atoms with Gasteiger partial charge in [-0.05, 0) is 52.9 Å². The molecule has 0 spiro atoms. The molecule has 0 atom stereocenters. The number of rotatable bonds is 9. The average Bonchev–Trinajstić information content (AvgIpc) is 3.49. The SMILES string of the molecule is COc1cc(C(=O)Oc2ccc(C=NNC(=O)c3[nH]c4c(ccc5ccccc54)c3-c3ccccc3)cc2OC)ccc1OC(C)=O. The highest BCUT2D eigenvalue weighted by atomic mass is 16.6. The Bertz CT molecular complexity index is 2170. The number of hydrazone groups is 1. The van der Waals surface area contributed by atoms with Gasteiger partial charge in [-0.3, -0.25) is 9.59 Å². The molecule has 1 aromatic heterocycles. The highest BCUT2D eigenvalue weighted by Crippen LogP contribution is 2.36. The molecule has 10 nitrogen and oxygen atoms in total. The van der Waals surface area contributed by atoms with Gasteiger partial charge in [-0.15, -0.1) is 0 Å². The Balaban J connectivity index is 1.21. The Morgan fingerprint density at radius 3 is 2.19 bits per heavy atom. The van der Waals surface area contributed by atoms with Crippen molar-refractivity contribution in [2.24, 2.45) is 5.10 Å². The number of esters is 2. The predicted octanol–water partition coefficient (Wildman–Crippen LogP) is 6.91. The second-order valence-electron chi connectivity index (χ2n) is 10.4. The lowest BCUT2D eigenvalue weighted by Gasteiger charge is -2.12. The van der Waals surface area contributed by atoms with Crippen LogP contribution in [0, 0.1) is 0 Å². The van der Waals surface area contributed by atoms with E-state index in [4.69, 9.17) is 18.9 Å². The summed E-state index contributed by atoms with van der Waals surface area (Å²) in [6.07, 6.45) is 1.46. The molecule has 0 aliphatic carbocycles. The van der Waals surface area contributed by atoms with Crippen LogP contribution in [0.3, 0.4) is 0 Å². The average molecular weight is 628 g/mol. The summed E-state index contributed by atoms with van der Waals surface area (Å²) in [5, 5.41) is 7.19. The second-order valence-corrected chi connectivity index (χ2v) is 10.4. The zero-order valence-electron chi connectivity index (χ0n) is 25.7. The number of amides is 1. The van der Waals surface area contributed by atoms with E-state index < -0.39 is 17.8 Å². The highest BCUT2D eigenvalue weighted by Gasteiger charge is 2.21. The van der Waals surface area contributed by atoms with Crippen LogP contribution >= 0.6 is 0 Å². The topological polar surface area (TPSA) is 128 Å². The molecule has 10 heteroatoms. The van der Waals surface area contributed by atoms with Crippen molar-refractivity contribution in [2.75, 3.05) is 14.2 Å². The van der Waals surface area contributed by atoms with Crippen molar-refractivity contribution in [3.63, 3.8) is 0 Å². The van der Waals surface area contributed by atoms with Crippen LogP contribution in [0.15, 0.2) is 108 Å². The highest BCUT2D eigenvalue weighted by molar-refractivity contribution is 6.16. The monoisotopic (exact) mass is 627 g/mol. The standard InChI is InChI=1S/C37H29N3O7/c1-22(41)46-29-18-15-26(20-32(29)45-3)37(43)47-30-17-13-23(19-31(30)44-2)21-38-40-36(42)35-33(25-10-5-4-6-11-25)28-16-14-24-9-7-8-12-27(24)34(28)39-35/h4-21,39H,1-3H3,(H,40,42). The van der Waals surface area contributed by atoms with Crippen molar-refractivity contribution in [1.29, 1.82) is 0 Å². The lowest BCUT2D eigenvalue weighted by Crippen LogP contribution is -2.18. The van der Waals surface area contributed by atoms with Gasteiger partial charge < -0.3 is 23.9 Å². The Hall–Kier alpha value is -6.42. The number of nitrogens with one attached hydrogen (secondary N) is 2. The van der Waals surface area contributed by atoms with Gasteiger partial charge in [0.2, 0.25) is 0 Å². The first kappa shape index (κ1) is 30.6. The number of aromatic nitrogens is 1. The maximum Gasteiger partial charge on any atom is 0.343 e. The summed E-state index contributed by atoms with van der Waals surface area (Å²) < 4.78 is 21.3. The Labute approximate surface area is 269 Å². The van der Waals surface area contributed by atoms with Crippen LogP contribution in [0.1, 0.15) is 33.3 Å². The quantitative estimate of drug-likeness (QED) is 0.0771. The van der Waals surface area contributed by atoms with Crippen LogP contribution < -0.4 is 24.4 Å². The van der Waals surface area contributed by atoms with Crippen molar-refractivity contribution in [3.05, 3.63) is 120 Å². The number of carbonyl (C=O) groups excluding carboxylic acids is 3. The molecule has 0 bridgehead atoms. The van der Waals surface area contributed by atoms with E-state index >= 15 is 0 Å². The first-order chi connectivity index (χ1) is 22.9. The van der Waals surface area contributed by atoms with Gasteiger partial charge in [-0.25, -0.2) is 10.2 Å². The van der Waals surface area contributed by atoms with Crippen molar-refractivity contribution in [2.45, 2.75) is 6.92 Å². The number of ether oxygens (including phenoxy) is 4. The fourth-order valence-corrected chi connectivity index (χ4v) is 5.27. The van der Waals surface area contributed by atoms with E-state index in [1.165, 1.54) is 45.6 Å². The molecule has 47 heavy (non-hydrogen) atoms. The zero-order chi connectivity index (χ0) is 32.9. The van der Waals surface area contributed by atoms with Crippen molar-refractivity contribution in [3.8, 4) is 34.1 Å². The fraction of sp³-hybridized carbons (Fsp3) is 0.0811. The number of carbonyl (C=O) groups is 3. The summed E-state index contributed by atoms with van der Waals surface area (Å²) >= 11 is 0.